The standard InChI is InChI=1S/C22H21NO2/c1-16(20-10-6-7-11-21(20)25-2)23-22(24)19-14-12-18(13-15-19)17-8-4-3-5-9-17/h3-16H,1-2H3,(H,23,24)/t16-/m1/s1. The molecule has 3 aromatic rings. The van der Waals surface area contributed by atoms with Crippen LogP contribution in [-0.2, 0) is 0 Å². The van der Waals surface area contributed by atoms with Crippen LogP contribution < -0.4 is 10.1 Å². The second-order valence-electron chi connectivity index (χ2n) is 5.88. The molecule has 0 aliphatic heterocycles. The molecule has 0 radical (unpaired) electrons. The Kier molecular flexibility index (Phi) is 5.14. The Labute approximate surface area is 148 Å². The van der Waals surface area contributed by atoms with Crippen LogP contribution in [0.5, 0.6) is 5.75 Å². The lowest BCUT2D eigenvalue weighted by molar-refractivity contribution is 0.0939. The van der Waals surface area contributed by atoms with Crippen LogP contribution in [0.15, 0.2) is 78.9 Å². The van der Waals surface area contributed by atoms with Crippen LogP contribution in [0.25, 0.3) is 11.1 Å². The first kappa shape index (κ1) is 16.8. The zero-order valence-corrected chi connectivity index (χ0v) is 14.4. The molecule has 1 atom stereocenters. The fourth-order valence-electron chi connectivity index (χ4n) is 2.83. The van der Waals surface area contributed by atoms with E-state index in [1.54, 1.807) is 7.11 Å². The van der Waals surface area contributed by atoms with Gasteiger partial charge in [-0.25, -0.2) is 0 Å². The van der Waals surface area contributed by atoms with Gasteiger partial charge in [-0.05, 0) is 36.2 Å². The molecule has 0 spiro atoms. The molecule has 126 valence electrons. The maximum absolute atomic E-state index is 12.5. The van der Waals surface area contributed by atoms with Crippen molar-refractivity contribution in [2.24, 2.45) is 0 Å². The summed E-state index contributed by atoms with van der Waals surface area (Å²) in [5.41, 5.74) is 3.83. The van der Waals surface area contributed by atoms with Crippen LogP contribution in [-0.4, -0.2) is 13.0 Å². The molecule has 1 N–H and O–H groups in total. The van der Waals surface area contributed by atoms with E-state index in [9.17, 15) is 4.79 Å². The van der Waals surface area contributed by atoms with Crippen molar-refractivity contribution in [3.05, 3.63) is 90.0 Å². The van der Waals surface area contributed by atoms with Gasteiger partial charge >= 0.3 is 0 Å². The molecule has 3 heteroatoms. The molecule has 0 unspecified atom stereocenters. The molecule has 0 bridgehead atoms. The lowest BCUT2D eigenvalue weighted by atomic mass is 10.0. The van der Waals surface area contributed by atoms with Gasteiger partial charge in [0.15, 0.2) is 0 Å². The summed E-state index contributed by atoms with van der Waals surface area (Å²) < 4.78 is 5.37. The highest BCUT2D eigenvalue weighted by Gasteiger charge is 2.14. The van der Waals surface area contributed by atoms with E-state index >= 15 is 0 Å². The Hall–Kier alpha value is -3.07. The van der Waals surface area contributed by atoms with Crippen molar-refractivity contribution in [2.75, 3.05) is 7.11 Å². The van der Waals surface area contributed by atoms with E-state index in [-0.39, 0.29) is 11.9 Å². The molecule has 3 aromatic carbocycles. The van der Waals surface area contributed by atoms with Gasteiger partial charge in [0.1, 0.15) is 5.75 Å². The predicted molar refractivity (Wildman–Crippen MR) is 101 cm³/mol. The molecule has 0 saturated heterocycles. The van der Waals surface area contributed by atoms with Gasteiger partial charge in [-0.1, -0.05) is 60.7 Å². The summed E-state index contributed by atoms with van der Waals surface area (Å²) in [4.78, 5) is 12.5. The minimum Gasteiger partial charge on any atom is -0.496 e. The third-order valence-electron chi connectivity index (χ3n) is 4.21. The van der Waals surface area contributed by atoms with Crippen LogP contribution in [0.4, 0.5) is 0 Å². The highest BCUT2D eigenvalue weighted by Crippen LogP contribution is 2.25. The third-order valence-corrected chi connectivity index (χ3v) is 4.21. The summed E-state index contributed by atoms with van der Waals surface area (Å²) >= 11 is 0. The SMILES string of the molecule is COc1ccccc1[C@@H](C)NC(=O)c1ccc(-c2ccccc2)cc1. The molecule has 0 aliphatic rings. The number of amides is 1. The van der Waals surface area contributed by atoms with E-state index in [1.165, 1.54) is 0 Å². The highest BCUT2D eigenvalue weighted by molar-refractivity contribution is 5.95. The molecule has 0 aromatic heterocycles. The molecule has 0 heterocycles. The molecule has 0 fully saturated rings. The number of nitrogens with one attached hydrogen (secondary N) is 1. The Balaban J connectivity index is 1.73. The number of carbonyl (C=O) groups is 1. The van der Waals surface area contributed by atoms with Crippen molar-refractivity contribution in [3.63, 3.8) is 0 Å². The van der Waals surface area contributed by atoms with Crippen LogP contribution in [0.1, 0.15) is 28.9 Å². The van der Waals surface area contributed by atoms with E-state index in [0.717, 1.165) is 22.4 Å². The van der Waals surface area contributed by atoms with Gasteiger partial charge in [-0.2, -0.15) is 0 Å². The average Bonchev–Trinajstić information content (AvgIpc) is 2.68. The molecule has 25 heavy (non-hydrogen) atoms. The van der Waals surface area contributed by atoms with Crippen LogP contribution in [0.2, 0.25) is 0 Å². The van der Waals surface area contributed by atoms with Gasteiger partial charge in [0, 0.05) is 11.1 Å². The van der Waals surface area contributed by atoms with Crippen LogP contribution in [0, 0.1) is 0 Å². The lowest BCUT2D eigenvalue weighted by Crippen LogP contribution is -2.26. The Morgan fingerprint density at radius 3 is 2.12 bits per heavy atom. The zero-order chi connectivity index (χ0) is 17.6. The van der Waals surface area contributed by atoms with E-state index in [0.29, 0.717) is 5.56 Å². The molecular weight excluding hydrogens is 310 g/mol. The van der Waals surface area contributed by atoms with Crippen molar-refractivity contribution >= 4 is 5.91 Å². The molecular formula is C22H21NO2. The third kappa shape index (κ3) is 3.89. The van der Waals surface area contributed by atoms with Crippen molar-refractivity contribution in [1.82, 2.24) is 5.32 Å². The van der Waals surface area contributed by atoms with Crippen LogP contribution >= 0.6 is 0 Å². The fourth-order valence-corrected chi connectivity index (χ4v) is 2.83. The van der Waals surface area contributed by atoms with Gasteiger partial charge in [0.05, 0.1) is 13.2 Å². The van der Waals surface area contributed by atoms with Crippen LogP contribution in [0.3, 0.4) is 0 Å². The summed E-state index contributed by atoms with van der Waals surface area (Å²) in [6.45, 7) is 1.95. The van der Waals surface area contributed by atoms with E-state index in [1.807, 2.05) is 73.7 Å². The van der Waals surface area contributed by atoms with E-state index in [4.69, 9.17) is 4.74 Å². The Morgan fingerprint density at radius 2 is 1.44 bits per heavy atom. The normalized spacial score (nSPS) is 11.6. The second-order valence-corrected chi connectivity index (χ2v) is 5.88. The maximum Gasteiger partial charge on any atom is 0.251 e. The quantitative estimate of drug-likeness (QED) is 0.725. The first-order chi connectivity index (χ1) is 12.2. The molecule has 0 saturated carbocycles. The highest BCUT2D eigenvalue weighted by atomic mass is 16.5. The molecule has 1 amide bonds. The predicted octanol–water partition coefficient (Wildman–Crippen LogP) is 4.85. The summed E-state index contributed by atoms with van der Waals surface area (Å²) in [5, 5.41) is 3.03. The number of ether oxygens (including phenoxy) is 1. The lowest BCUT2D eigenvalue weighted by Gasteiger charge is -2.17. The van der Waals surface area contributed by atoms with Crippen molar-refractivity contribution in [3.8, 4) is 16.9 Å². The number of hydrogen-bond acceptors (Lipinski definition) is 2. The topological polar surface area (TPSA) is 38.3 Å². The number of para-hydroxylation sites is 1. The minimum absolute atomic E-state index is 0.0991. The summed E-state index contributed by atoms with van der Waals surface area (Å²) in [6, 6.07) is 25.3. The van der Waals surface area contributed by atoms with Gasteiger partial charge < -0.3 is 10.1 Å². The number of hydrogen-bond donors (Lipinski definition) is 1. The number of carbonyl (C=O) groups excluding carboxylic acids is 1. The van der Waals surface area contributed by atoms with Crippen molar-refractivity contribution in [2.45, 2.75) is 13.0 Å². The van der Waals surface area contributed by atoms with Gasteiger partial charge in [0.2, 0.25) is 0 Å². The maximum atomic E-state index is 12.5. The van der Waals surface area contributed by atoms with Crippen molar-refractivity contribution < 1.29 is 9.53 Å². The summed E-state index contributed by atoms with van der Waals surface area (Å²) in [5.74, 6) is 0.674. The average molecular weight is 331 g/mol. The second kappa shape index (κ2) is 7.67. The Bertz CT molecular complexity index is 841. The minimum atomic E-state index is -0.141. The smallest absolute Gasteiger partial charge is 0.251 e. The van der Waals surface area contributed by atoms with Gasteiger partial charge in [-0.15, -0.1) is 0 Å². The summed E-state index contributed by atoms with van der Waals surface area (Å²) in [6.07, 6.45) is 0. The molecule has 3 nitrogen and oxygen atoms in total. The van der Waals surface area contributed by atoms with Gasteiger partial charge in [0.25, 0.3) is 5.91 Å². The number of methoxy groups -OCH3 is 1. The number of benzene rings is 3. The van der Waals surface area contributed by atoms with E-state index < -0.39 is 0 Å². The fraction of sp³-hybridized carbons (Fsp3) is 0.136. The molecule has 0 aliphatic carbocycles. The monoisotopic (exact) mass is 331 g/mol. The first-order valence-electron chi connectivity index (χ1n) is 8.28. The van der Waals surface area contributed by atoms with Crippen molar-refractivity contribution in [1.29, 1.82) is 0 Å². The van der Waals surface area contributed by atoms with Gasteiger partial charge in [-0.3, -0.25) is 4.79 Å². The molecule has 3 rings (SSSR count). The largest absolute Gasteiger partial charge is 0.496 e. The Morgan fingerprint density at radius 1 is 0.840 bits per heavy atom. The summed E-state index contributed by atoms with van der Waals surface area (Å²) in [7, 11) is 1.63. The zero-order valence-electron chi connectivity index (χ0n) is 14.4. The number of rotatable bonds is 5. The first-order valence-corrected chi connectivity index (χ1v) is 8.28. The van der Waals surface area contributed by atoms with E-state index in [2.05, 4.69) is 17.4 Å².